The molecule has 3 aromatic heterocycles. The molecule has 0 bridgehead atoms. The largest absolute Gasteiger partial charge is 0.479 e. The number of alkyl halides is 1. The van der Waals surface area contributed by atoms with E-state index >= 15 is 4.39 Å². The summed E-state index contributed by atoms with van der Waals surface area (Å²) in [6.07, 6.45) is 6.72. The highest BCUT2D eigenvalue weighted by atomic mass is 19.1. The molecule has 11 heteroatoms. The predicted octanol–water partition coefficient (Wildman–Crippen LogP) is 4.37. The van der Waals surface area contributed by atoms with Crippen LogP contribution in [-0.2, 0) is 11.3 Å². The Hall–Kier alpha value is -3.34. The highest BCUT2D eigenvalue weighted by molar-refractivity contribution is 5.90. The van der Waals surface area contributed by atoms with Crippen molar-refractivity contribution in [3.8, 4) is 17.0 Å². The van der Waals surface area contributed by atoms with Gasteiger partial charge in [0.05, 0.1) is 50.5 Å². The number of ether oxygens (including phenoxy) is 2. The molecule has 1 aromatic carbocycles. The van der Waals surface area contributed by atoms with Crippen molar-refractivity contribution >= 4 is 22.5 Å². The number of fused-ring (bicyclic) bond motifs is 2. The molecule has 184 valence electrons. The van der Waals surface area contributed by atoms with Crippen LogP contribution in [0.15, 0.2) is 24.7 Å². The van der Waals surface area contributed by atoms with Crippen molar-refractivity contribution < 1.29 is 22.6 Å². The van der Waals surface area contributed by atoms with Crippen molar-refractivity contribution in [1.82, 2.24) is 24.1 Å². The minimum atomic E-state index is -0.631. The van der Waals surface area contributed by atoms with Crippen LogP contribution in [0.3, 0.4) is 0 Å². The van der Waals surface area contributed by atoms with Crippen molar-refractivity contribution in [2.75, 3.05) is 32.3 Å². The minimum Gasteiger partial charge on any atom is -0.479 e. The molecule has 1 N–H and O–H groups in total. The number of aryl methyl sites for hydroxylation is 1. The van der Waals surface area contributed by atoms with Crippen LogP contribution in [0.2, 0.25) is 0 Å². The van der Waals surface area contributed by atoms with Crippen LogP contribution in [0.25, 0.3) is 27.7 Å². The third-order valence-corrected chi connectivity index (χ3v) is 7.24. The number of aromatic nitrogens is 5. The fourth-order valence-electron chi connectivity index (χ4n) is 5.27. The number of nitrogens with zero attached hydrogens (tertiary/aromatic N) is 5. The monoisotopic (exact) mass is 486 g/mol. The van der Waals surface area contributed by atoms with E-state index in [4.69, 9.17) is 9.47 Å². The molecule has 0 radical (unpaired) electrons. The topological polar surface area (TPSA) is 78.5 Å². The number of hydrogen-bond acceptors (Lipinski definition) is 6. The Kier molecular flexibility index (Phi) is 5.32. The first-order valence-corrected chi connectivity index (χ1v) is 11.7. The molecular weight excluding hydrogens is 461 g/mol. The van der Waals surface area contributed by atoms with E-state index in [-0.39, 0.29) is 40.6 Å². The highest BCUT2D eigenvalue weighted by Gasteiger charge is 2.41. The van der Waals surface area contributed by atoms with Gasteiger partial charge in [0.1, 0.15) is 17.7 Å². The minimum absolute atomic E-state index is 0.0230. The van der Waals surface area contributed by atoms with Crippen molar-refractivity contribution in [3.63, 3.8) is 0 Å². The van der Waals surface area contributed by atoms with Crippen LogP contribution in [0, 0.1) is 17.0 Å². The van der Waals surface area contributed by atoms with Gasteiger partial charge in [-0.1, -0.05) is 0 Å². The van der Waals surface area contributed by atoms with E-state index in [1.807, 2.05) is 0 Å². The summed E-state index contributed by atoms with van der Waals surface area (Å²) in [5.74, 6) is -0.725. The van der Waals surface area contributed by atoms with E-state index < -0.39 is 18.3 Å². The lowest BCUT2D eigenvalue weighted by Crippen LogP contribution is -2.47. The van der Waals surface area contributed by atoms with Crippen LogP contribution in [0.1, 0.15) is 25.7 Å². The molecule has 1 spiro atoms. The second-order valence-electron chi connectivity index (χ2n) is 9.45. The number of benzene rings is 1. The summed E-state index contributed by atoms with van der Waals surface area (Å²) in [5.41, 5.74) is 1.45. The van der Waals surface area contributed by atoms with Gasteiger partial charge in [-0.2, -0.15) is 4.98 Å². The summed E-state index contributed by atoms with van der Waals surface area (Å²) in [5, 5.41) is 7.83. The van der Waals surface area contributed by atoms with Gasteiger partial charge in [-0.3, -0.25) is 0 Å². The average molecular weight is 486 g/mol. The van der Waals surface area contributed by atoms with Crippen molar-refractivity contribution in [2.45, 2.75) is 38.3 Å². The maximum atomic E-state index is 15.3. The first-order chi connectivity index (χ1) is 17.0. The summed E-state index contributed by atoms with van der Waals surface area (Å²) in [7, 11) is 1.45. The molecule has 2 aliphatic rings. The van der Waals surface area contributed by atoms with Crippen LogP contribution in [0.5, 0.6) is 5.88 Å². The van der Waals surface area contributed by atoms with Gasteiger partial charge in [-0.05, 0) is 43.4 Å². The fourth-order valence-corrected chi connectivity index (χ4v) is 5.27. The Labute approximate surface area is 199 Å². The number of nitrogens with one attached hydrogen (secondary N) is 1. The van der Waals surface area contributed by atoms with Crippen molar-refractivity contribution in [1.29, 1.82) is 0 Å². The molecule has 1 saturated heterocycles. The van der Waals surface area contributed by atoms with E-state index in [2.05, 4.69) is 20.4 Å². The molecule has 4 heterocycles. The maximum absolute atomic E-state index is 15.3. The van der Waals surface area contributed by atoms with Gasteiger partial charge in [0, 0.05) is 11.5 Å². The number of methoxy groups -OCH3 is 1. The van der Waals surface area contributed by atoms with Crippen LogP contribution >= 0.6 is 0 Å². The van der Waals surface area contributed by atoms with E-state index in [9.17, 15) is 8.78 Å². The third-order valence-electron chi connectivity index (χ3n) is 7.24. The smallest absolute Gasteiger partial charge is 0.244 e. The highest BCUT2D eigenvalue weighted by Crippen LogP contribution is 2.43. The molecule has 6 rings (SSSR count). The lowest BCUT2D eigenvalue weighted by Gasteiger charge is -2.46. The normalized spacial score (nSPS) is 17.8. The van der Waals surface area contributed by atoms with Gasteiger partial charge in [0.2, 0.25) is 11.8 Å². The average Bonchev–Trinajstić information content (AvgIpc) is 3.38. The molecule has 2 fully saturated rings. The molecule has 35 heavy (non-hydrogen) atoms. The lowest BCUT2D eigenvalue weighted by molar-refractivity contribution is -0.131. The number of anilines is 1. The Morgan fingerprint density at radius 3 is 2.69 bits per heavy atom. The fraction of sp³-hybridized carbons (Fsp3) is 0.458. The Balaban J connectivity index is 1.37. The zero-order valence-electron chi connectivity index (χ0n) is 19.2. The van der Waals surface area contributed by atoms with E-state index in [0.29, 0.717) is 16.9 Å². The van der Waals surface area contributed by atoms with Gasteiger partial charge in [-0.15, -0.1) is 5.10 Å². The summed E-state index contributed by atoms with van der Waals surface area (Å²) in [6.45, 7) is 1.06. The third kappa shape index (κ3) is 3.69. The quantitative estimate of drug-likeness (QED) is 0.436. The molecule has 0 unspecified atom stereocenters. The number of imidazole rings is 1. The molecular formula is C24H25F3N6O2. The molecule has 4 aromatic rings. The molecule has 0 amide bonds. The van der Waals surface area contributed by atoms with Crippen molar-refractivity contribution in [2.24, 2.45) is 5.41 Å². The summed E-state index contributed by atoms with van der Waals surface area (Å²) < 4.78 is 56.8. The van der Waals surface area contributed by atoms with E-state index in [0.717, 1.165) is 38.9 Å². The van der Waals surface area contributed by atoms with Gasteiger partial charge in [-0.25, -0.2) is 22.7 Å². The summed E-state index contributed by atoms with van der Waals surface area (Å²) >= 11 is 0. The number of hydrogen-bond donors (Lipinski definition) is 1. The van der Waals surface area contributed by atoms with Gasteiger partial charge in [0.15, 0.2) is 11.6 Å². The standard InChI is InChI=1S/C24H25F3N6O2/c1-34-22-21-19(14-8-16(26)20-18(9-14)32(7-6-25)13-28-20)17(27)10-33(21)31-23(30-22)29-15-2-4-24(5-3-15)11-35-12-24/h8-10,13,15H,2-7,11-12H2,1H3,(H,29,31). The molecule has 0 atom stereocenters. The molecule has 1 saturated carbocycles. The summed E-state index contributed by atoms with van der Waals surface area (Å²) in [4.78, 5) is 8.51. The van der Waals surface area contributed by atoms with Crippen LogP contribution < -0.4 is 10.1 Å². The maximum Gasteiger partial charge on any atom is 0.244 e. The summed E-state index contributed by atoms with van der Waals surface area (Å²) in [6, 6.07) is 3.00. The van der Waals surface area contributed by atoms with Gasteiger partial charge in [0.25, 0.3) is 0 Å². The second-order valence-corrected chi connectivity index (χ2v) is 9.45. The zero-order chi connectivity index (χ0) is 24.2. The molecule has 8 nitrogen and oxygen atoms in total. The lowest BCUT2D eigenvalue weighted by atomic mass is 9.71. The second kappa shape index (κ2) is 8.40. The molecule has 1 aliphatic carbocycles. The van der Waals surface area contributed by atoms with E-state index in [1.165, 1.54) is 34.8 Å². The molecule has 1 aliphatic heterocycles. The Morgan fingerprint density at radius 1 is 1.20 bits per heavy atom. The van der Waals surface area contributed by atoms with Crippen LogP contribution in [-0.4, -0.2) is 57.2 Å². The number of rotatable bonds is 6. The Morgan fingerprint density at radius 2 is 2.00 bits per heavy atom. The first-order valence-electron chi connectivity index (χ1n) is 11.7. The SMILES string of the molecule is COc1nc(NC2CCC3(CC2)COC3)nn2cc(F)c(-c3cc(F)c4ncn(CCF)c4c3)c12. The Bertz CT molecular complexity index is 1400. The van der Waals surface area contributed by atoms with Gasteiger partial charge >= 0.3 is 0 Å². The van der Waals surface area contributed by atoms with Crippen LogP contribution in [0.4, 0.5) is 19.1 Å². The van der Waals surface area contributed by atoms with E-state index in [1.54, 1.807) is 6.07 Å². The zero-order valence-corrected chi connectivity index (χ0v) is 19.2. The van der Waals surface area contributed by atoms with Gasteiger partial charge < -0.3 is 19.4 Å². The number of halogens is 3. The first kappa shape index (κ1) is 22.1. The predicted molar refractivity (Wildman–Crippen MR) is 123 cm³/mol. The van der Waals surface area contributed by atoms with Crippen molar-refractivity contribution in [3.05, 3.63) is 36.3 Å².